The molecule has 1 atom stereocenters. The lowest BCUT2D eigenvalue weighted by Crippen LogP contribution is -2.43. The number of fused-ring (bicyclic) bond motifs is 2. The molecular weight excluding hydrogens is 500 g/mol. The van der Waals surface area contributed by atoms with Crippen LogP contribution < -0.4 is 19.7 Å². The molecule has 38 heavy (non-hydrogen) atoms. The molecule has 9 heteroatoms. The summed E-state index contributed by atoms with van der Waals surface area (Å²) in [4.78, 5) is 28.4. The monoisotopic (exact) mass is 532 g/mol. The lowest BCUT2D eigenvalue weighted by atomic mass is 9.87. The van der Waals surface area contributed by atoms with E-state index in [-0.39, 0.29) is 47.6 Å². The van der Waals surface area contributed by atoms with Crippen molar-refractivity contribution in [3.63, 3.8) is 0 Å². The van der Waals surface area contributed by atoms with Crippen LogP contribution in [0.25, 0.3) is 5.69 Å². The van der Waals surface area contributed by atoms with Crippen molar-refractivity contribution in [3.05, 3.63) is 64.8 Å². The number of hydrogen-bond acceptors (Lipinski definition) is 6. The number of ether oxygens (including phenoxy) is 2. The van der Waals surface area contributed by atoms with Gasteiger partial charge in [0.05, 0.1) is 22.4 Å². The Hall–Kier alpha value is -3.46. The van der Waals surface area contributed by atoms with Crippen LogP contribution in [0.5, 0.6) is 11.5 Å². The number of carbonyl (C=O) groups is 2. The standard InChI is InChI=1S/C29H32N4O4S/c1-17-6-5-7-20(12-17)33-28-25(27(31-33)29(2,3)4)26(18-8-11-21-22(13-18)37-16-36-21)38-15-24(35)32(28)14-23(34)30-19-9-10-19/h5-8,11-13,19,26H,9-10,14-16H2,1-4H3,(H,30,34)/t26-/m1/s1. The molecule has 0 saturated heterocycles. The van der Waals surface area contributed by atoms with Crippen LogP contribution in [0.2, 0.25) is 0 Å². The number of benzene rings is 2. The first-order valence-electron chi connectivity index (χ1n) is 13.0. The summed E-state index contributed by atoms with van der Waals surface area (Å²) in [5.41, 5.74) is 4.48. The van der Waals surface area contributed by atoms with Crippen molar-refractivity contribution in [1.82, 2.24) is 15.1 Å². The maximum Gasteiger partial charge on any atom is 0.240 e. The van der Waals surface area contributed by atoms with E-state index in [9.17, 15) is 9.59 Å². The summed E-state index contributed by atoms with van der Waals surface area (Å²) < 4.78 is 13.1. The number of thioether (sulfide) groups is 1. The molecule has 2 aliphatic heterocycles. The van der Waals surface area contributed by atoms with Gasteiger partial charge in [-0.2, -0.15) is 5.10 Å². The van der Waals surface area contributed by atoms with Crippen molar-refractivity contribution < 1.29 is 19.1 Å². The highest BCUT2D eigenvalue weighted by molar-refractivity contribution is 8.00. The molecule has 8 nitrogen and oxygen atoms in total. The molecule has 1 aliphatic carbocycles. The Morgan fingerprint density at radius 2 is 1.92 bits per heavy atom. The van der Waals surface area contributed by atoms with Crippen LogP contribution in [0.1, 0.15) is 61.2 Å². The minimum Gasteiger partial charge on any atom is -0.454 e. The van der Waals surface area contributed by atoms with Gasteiger partial charge in [-0.25, -0.2) is 4.68 Å². The van der Waals surface area contributed by atoms with Gasteiger partial charge in [-0.1, -0.05) is 39.0 Å². The highest BCUT2D eigenvalue weighted by Gasteiger charge is 2.40. The van der Waals surface area contributed by atoms with E-state index in [1.165, 1.54) is 0 Å². The molecule has 6 rings (SSSR count). The summed E-state index contributed by atoms with van der Waals surface area (Å²) in [5, 5.41) is 8.01. The fourth-order valence-electron chi connectivity index (χ4n) is 5.00. The average molecular weight is 533 g/mol. The van der Waals surface area contributed by atoms with Gasteiger partial charge in [-0.15, -0.1) is 11.8 Å². The van der Waals surface area contributed by atoms with E-state index in [2.05, 4.69) is 32.2 Å². The summed E-state index contributed by atoms with van der Waals surface area (Å²) >= 11 is 1.56. The lowest BCUT2D eigenvalue weighted by molar-refractivity contribution is -0.123. The Morgan fingerprint density at radius 3 is 2.66 bits per heavy atom. The minimum absolute atomic E-state index is 0.0438. The van der Waals surface area contributed by atoms with Gasteiger partial charge in [0.15, 0.2) is 11.5 Å². The number of nitrogens with zero attached hydrogens (tertiary/aromatic N) is 3. The van der Waals surface area contributed by atoms with E-state index < -0.39 is 0 Å². The van der Waals surface area contributed by atoms with Crippen LogP contribution in [0.15, 0.2) is 42.5 Å². The van der Waals surface area contributed by atoms with Crippen LogP contribution in [0, 0.1) is 6.92 Å². The molecule has 1 saturated carbocycles. The molecule has 3 aromatic rings. The number of rotatable bonds is 5. The number of anilines is 1. The van der Waals surface area contributed by atoms with E-state index in [4.69, 9.17) is 14.6 Å². The second-order valence-electron chi connectivity index (χ2n) is 11.2. The Morgan fingerprint density at radius 1 is 1.13 bits per heavy atom. The van der Waals surface area contributed by atoms with E-state index in [1.54, 1.807) is 16.7 Å². The summed E-state index contributed by atoms with van der Waals surface area (Å²) in [7, 11) is 0. The third-order valence-corrected chi connectivity index (χ3v) is 8.24. The van der Waals surface area contributed by atoms with Crippen LogP contribution >= 0.6 is 11.8 Å². The van der Waals surface area contributed by atoms with Crippen LogP contribution in [0.3, 0.4) is 0 Å². The average Bonchev–Trinajstić information content (AvgIpc) is 3.43. The van der Waals surface area contributed by atoms with E-state index in [0.29, 0.717) is 17.3 Å². The quantitative estimate of drug-likeness (QED) is 0.515. The van der Waals surface area contributed by atoms with Crippen molar-refractivity contribution in [1.29, 1.82) is 0 Å². The first-order valence-corrected chi connectivity index (χ1v) is 14.1. The molecule has 1 fully saturated rings. The van der Waals surface area contributed by atoms with Gasteiger partial charge in [0, 0.05) is 17.0 Å². The van der Waals surface area contributed by atoms with Gasteiger partial charge in [0.1, 0.15) is 12.4 Å². The second kappa shape index (κ2) is 9.38. The molecule has 198 valence electrons. The summed E-state index contributed by atoms with van der Waals surface area (Å²) in [6.45, 7) is 8.59. The third-order valence-electron chi connectivity index (χ3n) is 6.99. The first kappa shape index (κ1) is 24.9. The summed E-state index contributed by atoms with van der Waals surface area (Å²) in [5.74, 6) is 2.05. The fourth-order valence-corrected chi connectivity index (χ4v) is 6.18. The Labute approximate surface area is 226 Å². The normalized spacial score (nSPS) is 18.8. The van der Waals surface area contributed by atoms with E-state index in [1.807, 2.05) is 48.0 Å². The molecular formula is C29H32N4O4S. The van der Waals surface area contributed by atoms with Gasteiger partial charge in [-0.05, 0) is 55.2 Å². The Kier molecular flexibility index (Phi) is 6.13. The van der Waals surface area contributed by atoms with E-state index >= 15 is 0 Å². The predicted octanol–water partition coefficient (Wildman–Crippen LogP) is 4.65. The smallest absolute Gasteiger partial charge is 0.240 e. The van der Waals surface area contributed by atoms with Gasteiger partial charge >= 0.3 is 0 Å². The third kappa shape index (κ3) is 4.64. The zero-order valence-electron chi connectivity index (χ0n) is 22.1. The highest BCUT2D eigenvalue weighted by atomic mass is 32.2. The van der Waals surface area contributed by atoms with Crippen molar-refractivity contribution in [3.8, 4) is 17.2 Å². The maximum absolute atomic E-state index is 13.7. The second-order valence-corrected chi connectivity index (χ2v) is 12.3. The number of amides is 2. The molecule has 1 N–H and O–H groups in total. The highest BCUT2D eigenvalue weighted by Crippen LogP contribution is 2.49. The number of carbonyl (C=O) groups excluding carboxylic acids is 2. The molecule has 0 spiro atoms. The predicted molar refractivity (Wildman–Crippen MR) is 147 cm³/mol. The van der Waals surface area contributed by atoms with Crippen LogP contribution in [0.4, 0.5) is 5.82 Å². The molecule has 2 amide bonds. The zero-order chi connectivity index (χ0) is 26.6. The largest absolute Gasteiger partial charge is 0.454 e. The number of aryl methyl sites for hydroxylation is 1. The number of nitrogens with one attached hydrogen (secondary N) is 1. The Bertz CT molecular complexity index is 1420. The van der Waals surface area contributed by atoms with Crippen molar-refractivity contribution in [2.45, 2.75) is 57.2 Å². The Balaban J connectivity index is 1.57. The van der Waals surface area contributed by atoms with Crippen LogP contribution in [-0.4, -0.2) is 46.7 Å². The summed E-state index contributed by atoms with van der Waals surface area (Å²) in [6, 6.07) is 14.2. The molecule has 2 aromatic carbocycles. The topological polar surface area (TPSA) is 85.7 Å². The van der Waals surface area contributed by atoms with Crippen molar-refractivity contribution in [2.75, 3.05) is 24.0 Å². The first-order chi connectivity index (χ1) is 18.2. The zero-order valence-corrected chi connectivity index (χ0v) is 22.9. The number of hydrogen-bond donors (Lipinski definition) is 1. The SMILES string of the molecule is Cc1cccc(-n2nc(C(C)(C)C)c3c2N(CC(=O)NC2CC2)C(=O)CS[C@@H]3c2ccc3c(c2)OCO3)c1. The summed E-state index contributed by atoms with van der Waals surface area (Å²) in [6.07, 6.45) is 1.98. The molecule has 0 bridgehead atoms. The van der Waals surface area contributed by atoms with E-state index in [0.717, 1.165) is 40.9 Å². The van der Waals surface area contributed by atoms with Crippen molar-refractivity contribution >= 4 is 29.4 Å². The maximum atomic E-state index is 13.7. The van der Waals surface area contributed by atoms with Crippen molar-refractivity contribution in [2.24, 2.45) is 0 Å². The molecule has 0 radical (unpaired) electrons. The van der Waals surface area contributed by atoms with Gasteiger partial charge in [0.2, 0.25) is 18.6 Å². The molecule has 1 aromatic heterocycles. The fraction of sp³-hybridized carbons (Fsp3) is 0.414. The van der Waals surface area contributed by atoms with Gasteiger partial charge < -0.3 is 14.8 Å². The van der Waals surface area contributed by atoms with Gasteiger partial charge in [0.25, 0.3) is 0 Å². The molecule has 0 unspecified atom stereocenters. The van der Waals surface area contributed by atoms with Gasteiger partial charge in [-0.3, -0.25) is 14.5 Å². The number of aromatic nitrogens is 2. The molecule has 3 heterocycles. The van der Waals surface area contributed by atoms with Crippen LogP contribution in [-0.2, 0) is 15.0 Å². The molecule has 3 aliphatic rings. The lowest BCUT2D eigenvalue weighted by Gasteiger charge is -2.24. The minimum atomic E-state index is -0.316.